The van der Waals surface area contributed by atoms with Crippen molar-refractivity contribution in [3.8, 4) is 0 Å². The number of benzene rings is 1. The van der Waals surface area contributed by atoms with Gasteiger partial charge in [-0.15, -0.1) is 0 Å². The molecule has 0 bridgehead atoms. The Morgan fingerprint density at radius 2 is 1.90 bits per heavy atom. The molecule has 2 rings (SSSR count). The Balaban J connectivity index is 1.98. The molecule has 116 valence electrons. The molecule has 3 N–H and O–H groups in total. The lowest BCUT2D eigenvalue weighted by molar-refractivity contribution is -0.137. The van der Waals surface area contributed by atoms with Crippen molar-refractivity contribution in [2.75, 3.05) is 18.4 Å². The number of β-amino-alcohol motifs (C(OH)–C–C–N with tert-alkyl or cyclic N) is 1. The summed E-state index contributed by atoms with van der Waals surface area (Å²) in [7, 11) is 0. The van der Waals surface area contributed by atoms with Crippen LogP contribution >= 0.6 is 0 Å². The molecule has 0 aromatic heterocycles. The van der Waals surface area contributed by atoms with Gasteiger partial charge in [0.05, 0.1) is 24.3 Å². The average molecular weight is 304 g/mol. The summed E-state index contributed by atoms with van der Waals surface area (Å²) in [6.07, 6.45) is -6.00. The molecular weight excluding hydrogens is 289 g/mol. The van der Waals surface area contributed by atoms with Crippen molar-refractivity contribution in [3.05, 3.63) is 29.8 Å². The maximum atomic E-state index is 12.4. The second-order valence-electron chi connectivity index (χ2n) is 4.91. The number of hydrogen-bond donors (Lipinski definition) is 3. The van der Waals surface area contributed by atoms with Crippen LogP contribution in [0.3, 0.4) is 0 Å². The predicted octanol–water partition coefficient (Wildman–Crippen LogP) is 2.23. The van der Waals surface area contributed by atoms with Gasteiger partial charge in [-0.25, -0.2) is 4.79 Å². The molecule has 0 spiro atoms. The number of rotatable bonds is 2. The molecule has 1 fully saturated rings. The minimum absolute atomic E-state index is 0.0202. The highest BCUT2D eigenvalue weighted by atomic mass is 19.4. The largest absolute Gasteiger partial charge is 0.465 e. The number of likely N-dealkylation sites (tertiary alicyclic amines) is 1. The van der Waals surface area contributed by atoms with Crippen LogP contribution in [0.4, 0.5) is 23.7 Å². The normalized spacial score (nSPS) is 23.0. The highest BCUT2D eigenvalue weighted by Gasteiger charge is 2.31. The zero-order valence-corrected chi connectivity index (χ0v) is 11.0. The number of nitrogens with zero attached hydrogens (tertiary/aromatic N) is 1. The SMILES string of the molecule is O=C(O)N1CCC(Nc2ccc(C(F)(F)F)cc2)C(O)C1. The van der Waals surface area contributed by atoms with E-state index in [1.807, 2.05) is 0 Å². The summed E-state index contributed by atoms with van der Waals surface area (Å²) in [4.78, 5) is 11.9. The van der Waals surface area contributed by atoms with Crippen LogP contribution in [-0.4, -0.2) is 46.4 Å². The highest BCUT2D eigenvalue weighted by molar-refractivity contribution is 5.65. The van der Waals surface area contributed by atoms with E-state index in [4.69, 9.17) is 5.11 Å². The fraction of sp³-hybridized carbons (Fsp3) is 0.462. The van der Waals surface area contributed by atoms with Crippen LogP contribution in [0.25, 0.3) is 0 Å². The van der Waals surface area contributed by atoms with E-state index < -0.39 is 30.0 Å². The Hall–Kier alpha value is -1.96. The van der Waals surface area contributed by atoms with Crippen LogP contribution in [0.2, 0.25) is 0 Å². The second kappa shape index (κ2) is 5.80. The van der Waals surface area contributed by atoms with Gasteiger partial charge in [0, 0.05) is 12.2 Å². The number of aliphatic hydroxyl groups is 1. The molecule has 5 nitrogen and oxygen atoms in total. The first kappa shape index (κ1) is 15.4. The van der Waals surface area contributed by atoms with Crippen molar-refractivity contribution in [2.45, 2.75) is 24.7 Å². The van der Waals surface area contributed by atoms with Crippen molar-refractivity contribution in [1.82, 2.24) is 4.90 Å². The number of anilines is 1. The standard InChI is InChI=1S/C13H15F3N2O3/c14-13(15,16)8-1-3-9(4-2-8)17-10-5-6-18(12(20)21)7-11(10)19/h1-4,10-11,17,19H,5-7H2,(H,20,21). The number of carbonyl (C=O) groups is 1. The molecule has 1 saturated heterocycles. The van der Waals surface area contributed by atoms with Gasteiger partial charge in [-0.3, -0.25) is 0 Å². The third-order valence-electron chi connectivity index (χ3n) is 3.42. The third kappa shape index (κ3) is 3.78. The summed E-state index contributed by atoms with van der Waals surface area (Å²) in [5.74, 6) is 0. The lowest BCUT2D eigenvalue weighted by Crippen LogP contribution is -2.51. The van der Waals surface area contributed by atoms with E-state index in [1.165, 1.54) is 12.1 Å². The van der Waals surface area contributed by atoms with E-state index in [-0.39, 0.29) is 13.1 Å². The first-order valence-electron chi connectivity index (χ1n) is 6.37. The monoisotopic (exact) mass is 304 g/mol. The number of amides is 1. The number of halogens is 3. The fourth-order valence-electron chi connectivity index (χ4n) is 2.24. The molecule has 1 aliphatic rings. The van der Waals surface area contributed by atoms with Crippen LogP contribution in [0.5, 0.6) is 0 Å². The van der Waals surface area contributed by atoms with Crippen LogP contribution in [-0.2, 0) is 6.18 Å². The van der Waals surface area contributed by atoms with Gasteiger partial charge in [-0.1, -0.05) is 0 Å². The van der Waals surface area contributed by atoms with Crippen LogP contribution < -0.4 is 5.32 Å². The van der Waals surface area contributed by atoms with Gasteiger partial charge in [-0.2, -0.15) is 13.2 Å². The van der Waals surface area contributed by atoms with Crippen LogP contribution in [0, 0.1) is 0 Å². The van der Waals surface area contributed by atoms with E-state index in [0.29, 0.717) is 12.1 Å². The van der Waals surface area contributed by atoms with Gasteiger partial charge in [0.25, 0.3) is 0 Å². The Morgan fingerprint density at radius 1 is 1.29 bits per heavy atom. The summed E-state index contributed by atoms with van der Waals surface area (Å²) >= 11 is 0. The zero-order valence-electron chi connectivity index (χ0n) is 11.0. The van der Waals surface area contributed by atoms with E-state index in [0.717, 1.165) is 17.0 Å². The topological polar surface area (TPSA) is 72.8 Å². The maximum Gasteiger partial charge on any atom is 0.416 e. The predicted molar refractivity (Wildman–Crippen MR) is 69.1 cm³/mol. The molecule has 0 saturated carbocycles. The average Bonchev–Trinajstić information content (AvgIpc) is 2.40. The Kier molecular flexibility index (Phi) is 4.26. The first-order chi connectivity index (χ1) is 9.77. The van der Waals surface area contributed by atoms with Crippen molar-refractivity contribution in [1.29, 1.82) is 0 Å². The molecule has 8 heteroatoms. The third-order valence-corrected chi connectivity index (χ3v) is 3.42. The van der Waals surface area contributed by atoms with Gasteiger partial charge >= 0.3 is 12.3 Å². The lowest BCUT2D eigenvalue weighted by Gasteiger charge is -2.35. The molecule has 1 aliphatic heterocycles. The summed E-state index contributed by atoms with van der Waals surface area (Å²) in [5, 5.41) is 21.6. The molecule has 2 atom stereocenters. The molecule has 0 radical (unpaired) electrons. The number of aliphatic hydroxyl groups excluding tert-OH is 1. The van der Waals surface area contributed by atoms with Crippen molar-refractivity contribution >= 4 is 11.8 Å². The van der Waals surface area contributed by atoms with E-state index >= 15 is 0 Å². The molecule has 1 heterocycles. The smallest absolute Gasteiger partial charge is 0.416 e. The van der Waals surface area contributed by atoms with Crippen LogP contribution in [0.15, 0.2) is 24.3 Å². The van der Waals surface area contributed by atoms with E-state index in [9.17, 15) is 23.1 Å². The Bertz CT molecular complexity index is 504. The van der Waals surface area contributed by atoms with E-state index in [2.05, 4.69) is 5.32 Å². The molecule has 21 heavy (non-hydrogen) atoms. The fourth-order valence-corrected chi connectivity index (χ4v) is 2.24. The zero-order chi connectivity index (χ0) is 15.6. The summed E-state index contributed by atoms with van der Waals surface area (Å²) in [5.41, 5.74) is -0.287. The summed E-state index contributed by atoms with van der Waals surface area (Å²) in [6.45, 7) is 0.248. The Labute approximate surface area is 119 Å². The van der Waals surface area contributed by atoms with Crippen molar-refractivity contribution < 1.29 is 28.2 Å². The maximum absolute atomic E-state index is 12.4. The van der Waals surface area contributed by atoms with Crippen molar-refractivity contribution in [3.63, 3.8) is 0 Å². The quantitative estimate of drug-likeness (QED) is 0.783. The van der Waals surface area contributed by atoms with E-state index in [1.54, 1.807) is 0 Å². The Morgan fingerprint density at radius 3 is 2.38 bits per heavy atom. The highest BCUT2D eigenvalue weighted by Crippen LogP contribution is 2.30. The van der Waals surface area contributed by atoms with Gasteiger partial charge in [0.15, 0.2) is 0 Å². The van der Waals surface area contributed by atoms with Gasteiger partial charge in [0.2, 0.25) is 0 Å². The minimum atomic E-state index is -4.38. The summed E-state index contributed by atoms with van der Waals surface area (Å²) in [6, 6.07) is 4.11. The lowest BCUT2D eigenvalue weighted by atomic mass is 10.0. The number of nitrogens with one attached hydrogen (secondary N) is 1. The number of carboxylic acid groups (broad SMARTS) is 1. The number of alkyl halides is 3. The minimum Gasteiger partial charge on any atom is -0.465 e. The molecule has 2 unspecified atom stereocenters. The van der Waals surface area contributed by atoms with Gasteiger partial charge in [0.1, 0.15) is 0 Å². The summed E-state index contributed by atoms with van der Waals surface area (Å²) < 4.78 is 37.3. The van der Waals surface area contributed by atoms with Gasteiger partial charge < -0.3 is 20.4 Å². The second-order valence-corrected chi connectivity index (χ2v) is 4.91. The molecule has 0 aliphatic carbocycles. The molecule has 1 aromatic carbocycles. The van der Waals surface area contributed by atoms with Gasteiger partial charge in [-0.05, 0) is 30.7 Å². The first-order valence-corrected chi connectivity index (χ1v) is 6.37. The molecular formula is C13H15F3N2O3. The number of piperidine rings is 1. The number of hydrogen-bond acceptors (Lipinski definition) is 3. The van der Waals surface area contributed by atoms with Crippen molar-refractivity contribution in [2.24, 2.45) is 0 Å². The molecule has 1 amide bonds. The molecule has 1 aromatic rings. The van der Waals surface area contributed by atoms with Crippen LogP contribution in [0.1, 0.15) is 12.0 Å².